The van der Waals surface area contributed by atoms with E-state index in [1.165, 1.54) is 0 Å². The second-order valence-corrected chi connectivity index (χ2v) is 2.61. The summed E-state index contributed by atoms with van der Waals surface area (Å²) in [5.74, 6) is 0. The summed E-state index contributed by atoms with van der Waals surface area (Å²) in [6.45, 7) is 1.96. The molecule has 10 heavy (non-hydrogen) atoms. The molecule has 0 amide bonds. The second-order valence-electron chi connectivity index (χ2n) is 1.82. The Morgan fingerprint density at radius 1 is 1.40 bits per heavy atom. The molecule has 54 valence electrons. The van der Waals surface area contributed by atoms with Crippen LogP contribution in [0.5, 0.6) is 0 Å². The first kappa shape index (κ1) is 7.76. The standard InChI is InChI=1S/C6H6Cl2N2/c1-2-5-4(7)3-6(8)10-9-5/h3H,2H2,1H3. The molecule has 0 aliphatic heterocycles. The maximum atomic E-state index is 5.74. The molecule has 0 bridgehead atoms. The molecule has 1 heterocycles. The Balaban J connectivity index is 3.07. The third kappa shape index (κ3) is 1.58. The molecule has 0 atom stereocenters. The minimum atomic E-state index is 0.335. The second kappa shape index (κ2) is 3.17. The van der Waals surface area contributed by atoms with E-state index in [1.54, 1.807) is 6.07 Å². The fraction of sp³-hybridized carbons (Fsp3) is 0.333. The van der Waals surface area contributed by atoms with Crippen LogP contribution in [-0.4, -0.2) is 10.2 Å². The first-order valence-electron chi connectivity index (χ1n) is 2.91. The molecule has 0 unspecified atom stereocenters. The Morgan fingerprint density at radius 3 is 2.60 bits per heavy atom. The van der Waals surface area contributed by atoms with Crippen molar-refractivity contribution in [3.63, 3.8) is 0 Å². The molecule has 0 aromatic carbocycles. The van der Waals surface area contributed by atoms with E-state index in [0.717, 1.165) is 12.1 Å². The van der Waals surface area contributed by atoms with Gasteiger partial charge in [0.25, 0.3) is 0 Å². The zero-order valence-electron chi connectivity index (χ0n) is 5.43. The van der Waals surface area contributed by atoms with Gasteiger partial charge in [-0.3, -0.25) is 0 Å². The van der Waals surface area contributed by atoms with Gasteiger partial charge in [-0.1, -0.05) is 30.1 Å². The summed E-state index contributed by atoms with van der Waals surface area (Å²) in [4.78, 5) is 0. The van der Waals surface area contributed by atoms with Crippen molar-refractivity contribution in [2.75, 3.05) is 0 Å². The number of aromatic nitrogens is 2. The lowest BCUT2D eigenvalue weighted by atomic mass is 10.3. The summed E-state index contributed by atoms with van der Waals surface area (Å²) in [6.07, 6.45) is 0.781. The molecule has 0 saturated heterocycles. The van der Waals surface area contributed by atoms with Crippen LogP contribution in [0.3, 0.4) is 0 Å². The predicted molar refractivity (Wildman–Crippen MR) is 41.4 cm³/mol. The van der Waals surface area contributed by atoms with Crippen LogP contribution < -0.4 is 0 Å². The zero-order valence-corrected chi connectivity index (χ0v) is 6.95. The largest absolute Gasteiger partial charge is 0.153 e. The molecule has 0 N–H and O–H groups in total. The van der Waals surface area contributed by atoms with Gasteiger partial charge in [0, 0.05) is 0 Å². The molecule has 0 aliphatic carbocycles. The zero-order chi connectivity index (χ0) is 7.56. The van der Waals surface area contributed by atoms with Gasteiger partial charge in [0.2, 0.25) is 0 Å². The van der Waals surface area contributed by atoms with Gasteiger partial charge in [-0.05, 0) is 12.5 Å². The van der Waals surface area contributed by atoms with Crippen molar-refractivity contribution in [2.24, 2.45) is 0 Å². The van der Waals surface area contributed by atoms with E-state index >= 15 is 0 Å². The quantitative estimate of drug-likeness (QED) is 0.657. The highest BCUT2D eigenvalue weighted by molar-refractivity contribution is 6.34. The van der Waals surface area contributed by atoms with Crippen molar-refractivity contribution >= 4 is 23.2 Å². The van der Waals surface area contributed by atoms with E-state index in [0.29, 0.717) is 10.2 Å². The van der Waals surface area contributed by atoms with E-state index in [4.69, 9.17) is 23.2 Å². The monoisotopic (exact) mass is 176 g/mol. The maximum absolute atomic E-state index is 5.74. The van der Waals surface area contributed by atoms with Crippen LogP contribution in [0, 0.1) is 0 Å². The fourth-order valence-corrected chi connectivity index (χ4v) is 1.09. The first-order valence-corrected chi connectivity index (χ1v) is 3.67. The van der Waals surface area contributed by atoms with E-state index in [9.17, 15) is 0 Å². The van der Waals surface area contributed by atoms with Gasteiger partial charge in [-0.2, -0.15) is 5.10 Å². The minimum Gasteiger partial charge on any atom is -0.153 e. The van der Waals surface area contributed by atoms with Gasteiger partial charge in [-0.25, -0.2) is 0 Å². The number of aryl methyl sites for hydroxylation is 1. The summed E-state index contributed by atoms with van der Waals surface area (Å²) < 4.78 is 0. The summed E-state index contributed by atoms with van der Waals surface area (Å²) in [5.41, 5.74) is 0.783. The smallest absolute Gasteiger partial charge is 0.153 e. The highest BCUT2D eigenvalue weighted by Crippen LogP contribution is 2.15. The van der Waals surface area contributed by atoms with E-state index in [2.05, 4.69) is 10.2 Å². The number of halogens is 2. The van der Waals surface area contributed by atoms with Gasteiger partial charge in [0.15, 0.2) is 5.15 Å². The third-order valence-electron chi connectivity index (χ3n) is 1.12. The van der Waals surface area contributed by atoms with Crippen LogP contribution in [-0.2, 0) is 6.42 Å². The van der Waals surface area contributed by atoms with Crippen molar-refractivity contribution < 1.29 is 0 Å². The number of hydrogen-bond donors (Lipinski definition) is 0. The molecule has 1 rings (SSSR count). The van der Waals surface area contributed by atoms with Crippen LogP contribution in [0.1, 0.15) is 12.6 Å². The van der Waals surface area contributed by atoms with Crippen molar-refractivity contribution in [1.82, 2.24) is 10.2 Å². The van der Waals surface area contributed by atoms with E-state index in [-0.39, 0.29) is 0 Å². The lowest BCUT2D eigenvalue weighted by molar-refractivity contribution is 0.920. The summed E-state index contributed by atoms with van der Waals surface area (Å²) in [5, 5.41) is 8.35. The van der Waals surface area contributed by atoms with E-state index in [1.807, 2.05) is 6.92 Å². The Bertz CT molecular complexity index is 237. The van der Waals surface area contributed by atoms with Crippen molar-refractivity contribution in [1.29, 1.82) is 0 Å². The SMILES string of the molecule is CCc1nnc(Cl)cc1Cl. The first-order chi connectivity index (χ1) is 4.74. The third-order valence-corrected chi connectivity index (χ3v) is 1.63. The molecule has 4 heteroatoms. The molecule has 1 aromatic heterocycles. The lowest BCUT2D eigenvalue weighted by Gasteiger charge is -1.96. The van der Waals surface area contributed by atoms with Gasteiger partial charge < -0.3 is 0 Å². The molecule has 0 aliphatic rings. The summed E-state index contributed by atoms with van der Waals surface area (Å²) >= 11 is 11.3. The molecule has 1 aromatic rings. The highest BCUT2D eigenvalue weighted by atomic mass is 35.5. The van der Waals surface area contributed by atoms with Crippen molar-refractivity contribution in [3.05, 3.63) is 21.9 Å². The summed E-state index contributed by atoms with van der Waals surface area (Å²) in [7, 11) is 0. The Morgan fingerprint density at radius 2 is 2.10 bits per heavy atom. The molecule has 0 fully saturated rings. The van der Waals surface area contributed by atoms with Gasteiger partial charge in [-0.15, -0.1) is 5.10 Å². The fourth-order valence-electron chi connectivity index (χ4n) is 0.612. The molecule has 0 saturated carbocycles. The molecule has 0 radical (unpaired) electrons. The molecule has 2 nitrogen and oxygen atoms in total. The van der Waals surface area contributed by atoms with Crippen LogP contribution in [0.25, 0.3) is 0 Å². The highest BCUT2D eigenvalue weighted by Gasteiger charge is 1.99. The topological polar surface area (TPSA) is 25.8 Å². The van der Waals surface area contributed by atoms with E-state index < -0.39 is 0 Å². The number of nitrogens with zero attached hydrogens (tertiary/aromatic N) is 2. The number of rotatable bonds is 1. The van der Waals surface area contributed by atoms with Gasteiger partial charge >= 0.3 is 0 Å². The molecular weight excluding hydrogens is 171 g/mol. The van der Waals surface area contributed by atoms with Crippen LogP contribution >= 0.6 is 23.2 Å². The normalized spacial score (nSPS) is 9.90. The predicted octanol–water partition coefficient (Wildman–Crippen LogP) is 2.35. The lowest BCUT2D eigenvalue weighted by Crippen LogP contribution is -1.91. The van der Waals surface area contributed by atoms with Crippen LogP contribution in [0.2, 0.25) is 10.2 Å². The van der Waals surface area contributed by atoms with Crippen molar-refractivity contribution in [3.8, 4) is 0 Å². The van der Waals surface area contributed by atoms with Gasteiger partial charge in [0.05, 0.1) is 10.7 Å². The van der Waals surface area contributed by atoms with Crippen LogP contribution in [0.4, 0.5) is 0 Å². The average Bonchev–Trinajstić information content (AvgIpc) is 1.88. The Labute approximate surface area is 69.2 Å². The average molecular weight is 177 g/mol. The van der Waals surface area contributed by atoms with Gasteiger partial charge in [0.1, 0.15) is 0 Å². The minimum absolute atomic E-state index is 0.335. The molecule has 0 spiro atoms. The molecular formula is C6H6Cl2N2. The Hall–Kier alpha value is -0.340. The van der Waals surface area contributed by atoms with Crippen molar-refractivity contribution in [2.45, 2.75) is 13.3 Å². The number of hydrogen-bond acceptors (Lipinski definition) is 2. The maximum Gasteiger partial charge on any atom is 0.153 e. The summed E-state index contributed by atoms with van der Waals surface area (Å²) in [6, 6.07) is 1.59. The van der Waals surface area contributed by atoms with Crippen LogP contribution in [0.15, 0.2) is 6.07 Å². The Kier molecular flexibility index (Phi) is 2.46.